The maximum Gasteiger partial charge on any atom is 0.324 e. The Labute approximate surface area is 155 Å². The number of thiol groups is 1. The van der Waals surface area contributed by atoms with Gasteiger partial charge in [-0.3, -0.25) is 9.59 Å². The van der Waals surface area contributed by atoms with E-state index in [1.807, 2.05) is 0 Å². The summed E-state index contributed by atoms with van der Waals surface area (Å²) in [5.41, 5.74) is 4.16. The van der Waals surface area contributed by atoms with Gasteiger partial charge in [0.25, 0.3) is 0 Å². The molecule has 3 rings (SSSR count). The molecule has 1 aliphatic heterocycles. The zero-order valence-electron chi connectivity index (χ0n) is 15.0. The number of benzene rings is 1. The quantitative estimate of drug-likeness (QED) is 0.625. The van der Waals surface area contributed by atoms with Crippen molar-refractivity contribution in [1.82, 2.24) is 4.31 Å². The van der Waals surface area contributed by atoms with Crippen LogP contribution in [0.1, 0.15) is 42.9 Å². The monoisotopic (exact) mass is 361 g/mol. The highest BCUT2D eigenvalue weighted by Gasteiger charge is 2.42. The maximum atomic E-state index is 12.7. The molecule has 0 spiro atoms. The van der Waals surface area contributed by atoms with Crippen molar-refractivity contribution in [3.63, 3.8) is 0 Å². The molecule has 1 fully saturated rings. The van der Waals surface area contributed by atoms with Crippen LogP contribution in [0.4, 0.5) is 0 Å². The zero-order chi connectivity index (χ0) is 18.0. The van der Waals surface area contributed by atoms with Gasteiger partial charge in [0.1, 0.15) is 11.8 Å². The Bertz CT molecular complexity index is 660. The highest BCUT2D eigenvalue weighted by molar-refractivity contribution is 7.77. The molecule has 0 radical (unpaired) electrons. The third-order valence-electron chi connectivity index (χ3n) is 5.49. The summed E-state index contributed by atoms with van der Waals surface area (Å²) in [4.78, 5) is 24.9. The predicted molar refractivity (Wildman–Crippen MR) is 101 cm³/mol. The molecule has 5 heteroatoms. The minimum atomic E-state index is -0.529. The van der Waals surface area contributed by atoms with Crippen LogP contribution in [0, 0.1) is 18.8 Å². The number of hydrogen-bond donors (Lipinski definition) is 1. The second kappa shape index (κ2) is 7.92. The van der Waals surface area contributed by atoms with Crippen molar-refractivity contribution in [3.05, 3.63) is 34.9 Å². The van der Waals surface area contributed by atoms with Crippen molar-refractivity contribution in [2.24, 2.45) is 11.8 Å². The molecule has 136 valence electrons. The summed E-state index contributed by atoms with van der Waals surface area (Å²) in [5.74, 6) is 0.122. The highest BCUT2D eigenvalue weighted by atomic mass is 32.1. The zero-order valence-corrected chi connectivity index (χ0v) is 15.9. The molecule has 1 aromatic rings. The van der Waals surface area contributed by atoms with E-state index in [2.05, 4.69) is 37.9 Å². The van der Waals surface area contributed by atoms with Crippen LogP contribution >= 0.6 is 12.8 Å². The Morgan fingerprint density at radius 2 is 2.04 bits per heavy atom. The molecule has 1 aliphatic carbocycles. The van der Waals surface area contributed by atoms with E-state index in [4.69, 9.17) is 4.74 Å². The van der Waals surface area contributed by atoms with Crippen LogP contribution in [0.5, 0.6) is 0 Å². The minimum Gasteiger partial charge on any atom is -0.465 e. The molecule has 0 saturated carbocycles. The summed E-state index contributed by atoms with van der Waals surface area (Å²) in [6.45, 7) is 4.89. The topological polar surface area (TPSA) is 46.6 Å². The van der Waals surface area contributed by atoms with Gasteiger partial charge in [0.2, 0.25) is 0 Å². The smallest absolute Gasteiger partial charge is 0.324 e. The first-order chi connectivity index (χ1) is 12.0. The fourth-order valence-corrected chi connectivity index (χ4v) is 4.57. The van der Waals surface area contributed by atoms with Crippen LogP contribution in [0.25, 0.3) is 0 Å². The summed E-state index contributed by atoms with van der Waals surface area (Å²) < 4.78 is 6.79. The Morgan fingerprint density at radius 3 is 2.80 bits per heavy atom. The fraction of sp³-hybridized carbons (Fsp3) is 0.600. The lowest BCUT2D eigenvalue weighted by Gasteiger charge is -2.21. The van der Waals surface area contributed by atoms with Gasteiger partial charge in [0.05, 0.1) is 6.61 Å². The number of rotatable bonds is 6. The minimum absolute atomic E-state index is 0.182. The molecule has 0 N–H and O–H groups in total. The SMILES string of the molecule is CCOC(=O)[C@@H]1C(C(=O)CCC2Cc3ccc(C)cc3C2)CCN1S. The third kappa shape index (κ3) is 4.09. The van der Waals surface area contributed by atoms with E-state index in [0.29, 0.717) is 31.9 Å². The number of carbonyl (C=O) groups is 2. The number of ether oxygens (including phenoxy) is 1. The molecule has 4 nitrogen and oxygen atoms in total. The maximum absolute atomic E-state index is 12.7. The van der Waals surface area contributed by atoms with Crippen molar-refractivity contribution < 1.29 is 14.3 Å². The fourth-order valence-electron chi connectivity index (χ4n) is 4.20. The van der Waals surface area contributed by atoms with E-state index in [-0.39, 0.29) is 17.7 Å². The van der Waals surface area contributed by atoms with Crippen LogP contribution in [0.3, 0.4) is 0 Å². The standard InChI is InChI=1S/C20H27NO3S/c1-3-24-20(23)19-17(8-9-21(19)25)18(22)7-5-14-11-15-6-4-13(2)10-16(15)12-14/h4,6,10,14,17,19,25H,3,5,7-9,11-12H2,1-2H3/t14?,17?,19-/m0/s1. The van der Waals surface area contributed by atoms with Crippen LogP contribution in [-0.4, -0.2) is 35.3 Å². The van der Waals surface area contributed by atoms with Gasteiger partial charge < -0.3 is 4.74 Å². The second-order valence-electron chi connectivity index (χ2n) is 7.31. The van der Waals surface area contributed by atoms with Crippen molar-refractivity contribution in [1.29, 1.82) is 0 Å². The van der Waals surface area contributed by atoms with E-state index in [0.717, 1.165) is 19.3 Å². The predicted octanol–water partition coefficient (Wildman–Crippen LogP) is 3.16. The summed E-state index contributed by atoms with van der Waals surface area (Å²) in [6, 6.07) is 6.12. The number of carbonyl (C=O) groups excluding carboxylic acids is 2. The average Bonchev–Trinajstić information content (AvgIpc) is 3.15. The first kappa shape index (κ1) is 18.5. The summed E-state index contributed by atoms with van der Waals surface area (Å²) in [7, 11) is 0. The van der Waals surface area contributed by atoms with Gasteiger partial charge in [0.15, 0.2) is 0 Å². The summed E-state index contributed by atoms with van der Waals surface area (Å²) >= 11 is 4.35. The van der Waals surface area contributed by atoms with Crippen LogP contribution in [0.2, 0.25) is 0 Å². The van der Waals surface area contributed by atoms with Crippen molar-refractivity contribution in [3.8, 4) is 0 Å². The number of Topliss-reactive ketones (excluding diaryl/α,β-unsaturated/α-hetero) is 1. The Hall–Kier alpha value is -1.33. The van der Waals surface area contributed by atoms with Gasteiger partial charge in [-0.2, -0.15) is 0 Å². The van der Waals surface area contributed by atoms with Crippen LogP contribution < -0.4 is 0 Å². The number of fused-ring (bicyclic) bond motifs is 1. The normalized spacial score (nSPS) is 25.8. The molecule has 2 unspecified atom stereocenters. The summed E-state index contributed by atoms with van der Waals surface area (Å²) in [6.07, 6.45) is 4.25. The molecular formula is C20H27NO3S. The molecule has 0 bridgehead atoms. The molecule has 1 heterocycles. The van der Waals surface area contributed by atoms with E-state index in [1.165, 1.54) is 16.7 Å². The second-order valence-corrected chi connectivity index (χ2v) is 7.82. The van der Waals surface area contributed by atoms with Crippen molar-refractivity contribution >= 4 is 24.6 Å². The van der Waals surface area contributed by atoms with Gasteiger partial charge in [0, 0.05) is 18.9 Å². The van der Waals surface area contributed by atoms with Gasteiger partial charge in [-0.15, -0.1) is 0 Å². The van der Waals surface area contributed by atoms with Gasteiger partial charge >= 0.3 is 5.97 Å². The van der Waals surface area contributed by atoms with Gasteiger partial charge in [-0.05, 0) is 56.6 Å². The van der Waals surface area contributed by atoms with E-state index in [1.54, 1.807) is 11.2 Å². The Balaban J connectivity index is 1.55. The number of aryl methyl sites for hydroxylation is 1. The molecule has 3 atom stereocenters. The van der Waals surface area contributed by atoms with E-state index >= 15 is 0 Å². The first-order valence-corrected chi connectivity index (χ1v) is 9.62. The molecule has 1 saturated heterocycles. The van der Waals surface area contributed by atoms with Crippen molar-refractivity contribution in [2.75, 3.05) is 13.2 Å². The lowest BCUT2D eigenvalue weighted by atomic mass is 9.89. The molecule has 25 heavy (non-hydrogen) atoms. The highest BCUT2D eigenvalue weighted by Crippen LogP contribution is 2.33. The molecule has 1 aromatic carbocycles. The van der Waals surface area contributed by atoms with Crippen LogP contribution in [0.15, 0.2) is 18.2 Å². The van der Waals surface area contributed by atoms with E-state index in [9.17, 15) is 9.59 Å². The number of ketones is 1. The lowest BCUT2D eigenvalue weighted by Crippen LogP contribution is -2.39. The van der Waals surface area contributed by atoms with E-state index < -0.39 is 6.04 Å². The van der Waals surface area contributed by atoms with Crippen LogP contribution in [-0.2, 0) is 27.2 Å². The number of esters is 1. The lowest BCUT2D eigenvalue weighted by molar-refractivity contribution is -0.149. The summed E-state index contributed by atoms with van der Waals surface area (Å²) in [5, 5.41) is 0. The van der Waals surface area contributed by atoms with Crippen molar-refractivity contribution in [2.45, 2.75) is 52.0 Å². The van der Waals surface area contributed by atoms with Gasteiger partial charge in [-0.1, -0.05) is 36.6 Å². The average molecular weight is 362 g/mol. The molecule has 0 aromatic heterocycles. The Morgan fingerprint density at radius 1 is 1.28 bits per heavy atom. The third-order valence-corrected chi connectivity index (χ3v) is 5.94. The molecule has 0 amide bonds. The molecular weight excluding hydrogens is 334 g/mol. The number of hydrogen-bond acceptors (Lipinski definition) is 5. The number of nitrogens with zero attached hydrogens (tertiary/aromatic N) is 1. The van der Waals surface area contributed by atoms with Gasteiger partial charge in [-0.25, -0.2) is 4.31 Å². The first-order valence-electron chi connectivity index (χ1n) is 9.22. The largest absolute Gasteiger partial charge is 0.465 e. The molecule has 2 aliphatic rings. The Kier molecular flexibility index (Phi) is 5.85.